The van der Waals surface area contributed by atoms with Gasteiger partial charge in [0.15, 0.2) is 0 Å². The highest BCUT2D eigenvalue weighted by molar-refractivity contribution is 5.84. The molecule has 2 nitrogen and oxygen atoms in total. The lowest BCUT2D eigenvalue weighted by molar-refractivity contribution is -0.137. The molecule has 0 aromatic rings. The molecule has 0 spiro atoms. The fourth-order valence-electron chi connectivity index (χ4n) is 1.41. The number of carbonyl (C=O) groups excluding carboxylic acids is 1. The third-order valence-electron chi connectivity index (χ3n) is 2.22. The van der Waals surface area contributed by atoms with Crippen molar-refractivity contribution >= 4 is 5.97 Å². The van der Waals surface area contributed by atoms with Crippen molar-refractivity contribution in [3.05, 3.63) is 24.3 Å². The van der Waals surface area contributed by atoms with E-state index >= 15 is 0 Å². The summed E-state index contributed by atoms with van der Waals surface area (Å²) in [6.45, 7) is 2.21. The Bertz CT molecular complexity index is 228. The average Bonchev–Trinajstić information content (AvgIpc) is 2.58. The standard InChI is InChI=1S/C12H18O2/c1-2-3-4-5-6-7-8-11-9-10-12(13)14-11/h7-11H,2-6H2,1H3/b8-7-/t11-/m0/s1. The molecule has 0 amide bonds. The van der Waals surface area contributed by atoms with E-state index in [4.69, 9.17) is 4.74 Å². The smallest absolute Gasteiger partial charge is 0.331 e. The Kier molecular flexibility index (Phi) is 5.05. The van der Waals surface area contributed by atoms with Gasteiger partial charge in [-0.05, 0) is 25.0 Å². The minimum Gasteiger partial charge on any atom is -0.451 e. The first kappa shape index (κ1) is 11.0. The van der Waals surface area contributed by atoms with Gasteiger partial charge in [-0.15, -0.1) is 0 Å². The zero-order valence-corrected chi connectivity index (χ0v) is 8.74. The van der Waals surface area contributed by atoms with E-state index in [1.54, 1.807) is 6.08 Å². The molecule has 0 unspecified atom stereocenters. The van der Waals surface area contributed by atoms with Crippen molar-refractivity contribution < 1.29 is 9.53 Å². The van der Waals surface area contributed by atoms with Crippen LogP contribution in [-0.2, 0) is 9.53 Å². The number of hydrogen-bond donors (Lipinski definition) is 0. The van der Waals surface area contributed by atoms with E-state index in [1.807, 2.05) is 6.08 Å². The van der Waals surface area contributed by atoms with Gasteiger partial charge < -0.3 is 4.74 Å². The first-order valence-corrected chi connectivity index (χ1v) is 5.38. The highest BCUT2D eigenvalue weighted by Gasteiger charge is 2.12. The quantitative estimate of drug-likeness (QED) is 0.369. The summed E-state index contributed by atoms with van der Waals surface area (Å²) in [7, 11) is 0. The maximum absolute atomic E-state index is 10.7. The van der Waals surface area contributed by atoms with Crippen molar-refractivity contribution in [2.24, 2.45) is 0 Å². The number of allylic oxidation sites excluding steroid dienone is 1. The summed E-state index contributed by atoms with van der Waals surface area (Å²) < 4.78 is 4.95. The fourth-order valence-corrected chi connectivity index (χ4v) is 1.41. The lowest BCUT2D eigenvalue weighted by atomic mass is 10.1. The van der Waals surface area contributed by atoms with Crippen molar-refractivity contribution in [2.45, 2.75) is 45.1 Å². The largest absolute Gasteiger partial charge is 0.451 e. The molecule has 1 rings (SSSR count). The number of esters is 1. The molecule has 0 fully saturated rings. The number of rotatable bonds is 6. The number of ether oxygens (including phenoxy) is 1. The van der Waals surface area contributed by atoms with Crippen molar-refractivity contribution in [1.29, 1.82) is 0 Å². The topological polar surface area (TPSA) is 26.3 Å². The van der Waals surface area contributed by atoms with Gasteiger partial charge in [-0.2, -0.15) is 0 Å². The van der Waals surface area contributed by atoms with Crippen LogP contribution in [0.15, 0.2) is 24.3 Å². The van der Waals surface area contributed by atoms with E-state index in [-0.39, 0.29) is 12.1 Å². The molecule has 1 aliphatic rings. The van der Waals surface area contributed by atoms with E-state index in [1.165, 1.54) is 31.8 Å². The third kappa shape index (κ3) is 4.26. The molecule has 0 aliphatic carbocycles. The zero-order valence-electron chi connectivity index (χ0n) is 8.74. The fraction of sp³-hybridized carbons (Fsp3) is 0.583. The summed E-state index contributed by atoms with van der Waals surface area (Å²) in [6, 6.07) is 0. The Morgan fingerprint density at radius 3 is 2.93 bits per heavy atom. The maximum atomic E-state index is 10.7. The van der Waals surface area contributed by atoms with Gasteiger partial charge in [0.1, 0.15) is 6.10 Å². The van der Waals surface area contributed by atoms with Gasteiger partial charge in [-0.25, -0.2) is 4.79 Å². The first-order chi connectivity index (χ1) is 6.83. The predicted molar refractivity (Wildman–Crippen MR) is 56.9 cm³/mol. The molecule has 0 radical (unpaired) electrons. The molecule has 1 heterocycles. The molecule has 2 heteroatoms. The second kappa shape index (κ2) is 6.41. The lowest BCUT2D eigenvalue weighted by Gasteiger charge is -2.00. The number of cyclic esters (lactones) is 1. The maximum Gasteiger partial charge on any atom is 0.331 e. The molecular formula is C12H18O2. The highest BCUT2D eigenvalue weighted by Crippen LogP contribution is 2.08. The van der Waals surface area contributed by atoms with E-state index in [2.05, 4.69) is 13.0 Å². The highest BCUT2D eigenvalue weighted by atomic mass is 16.5. The molecular weight excluding hydrogens is 176 g/mol. The first-order valence-electron chi connectivity index (χ1n) is 5.38. The van der Waals surface area contributed by atoms with Crippen LogP contribution in [0.3, 0.4) is 0 Å². The normalized spacial score (nSPS) is 20.6. The number of hydrogen-bond acceptors (Lipinski definition) is 2. The third-order valence-corrected chi connectivity index (χ3v) is 2.22. The molecule has 0 saturated heterocycles. The van der Waals surface area contributed by atoms with Gasteiger partial charge in [0.05, 0.1) is 0 Å². The molecule has 1 aliphatic heterocycles. The molecule has 0 bridgehead atoms. The van der Waals surface area contributed by atoms with E-state index < -0.39 is 0 Å². The molecule has 0 N–H and O–H groups in total. The zero-order chi connectivity index (χ0) is 10.2. The number of carbonyl (C=O) groups is 1. The van der Waals surface area contributed by atoms with Gasteiger partial charge in [-0.1, -0.05) is 32.3 Å². The summed E-state index contributed by atoms with van der Waals surface area (Å²) in [5.74, 6) is -0.231. The molecule has 0 aromatic heterocycles. The predicted octanol–water partition coefficient (Wildman–Crippen LogP) is 2.99. The second-order valence-corrected chi connectivity index (χ2v) is 3.54. The SMILES string of the molecule is CCCCCC/C=C\[C@H]1C=CC(=O)O1. The minimum atomic E-state index is -0.231. The Hall–Kier alpha value is -1.05. The van der Waals surface area contributed by atoms with E-state index in [0.717, 1.165) is 6.42 Å². The van der Waals surface area contributed by atoms with Crippen LogP contribution < -0.4 is 0 Å². The molecule has 1 atom stereocenters. The summed E-state index contributed by atoms with van der Waals surface area (Å²) in [5.41, 5.74) is 0. The Labute approximate surface area is 85.6 Å². The Balaban J connectivity index is 2.03. The Morgan fingerprint density at radius 2 is 2.29 bits per heavy atom. The summed E-state index contributed by atoms with van der Waals surface area (Å²) in [5, 5.41) is 0. The summed E-state index contributed by atoms with van der Waals surface area (Å²) >= 11 is 0. The van der Waals surface area contributed by atoms with Gasteiger partial charge in [0.25, 0.3) is 0 Å². The van der Waals surface area contributed by atoms with Crippen molar-refractivity contribution in [3.8, 4) is 0 Å². The monoisotopic (exact) mass is 194 g/mol. The van der Waals surface area contributed by atoms with Crippen LogP contribution in [0.1, 0.15) is 39.0 Å². The van der Waals surface area contributed by atoms with Crippen molar-refractivity contribution in [1.82, 2.24) is 0 Å². The van der Waals surface area contributed by atoms with Crippen molar-refractivity contribution in [2.75, 3.05) is 0 Å². The van der Waals surface area contributed by atoms with Crippen LogP contribution in [0.5, 0.6) is 0 Å². The van der Waals surface area contributed by atoms with Crippen LogP contribution >= 0.6 is 0 Å². The van der Waals surface area contributed by atoms with Crippen LogP contribution in [0.4, 0.5) is 0 Å². The van der Waals surface area contributed by atoms with Gasteiger partial charge in [0.2, 0.25) is 0 Å². The molecule has 78 valence electrons. The lowest BCUT2D eigenvalue weighted by Crippen LogP contribution is -2.03. The van der Waals surface area contributed by atoms with Crippen LogP contribution in [0.25, 0.3) is 0 Å². The molecule has 0 saturated carbocycles. The molecule has 0 aromatic carbocycles. The summed E-state index contributed by atoms with van der Waals surface area (Å²) in [6.07, 6.45) is 13.4. The second-order valence-electron chi connectivity index (χ2n) is 3.54. The van der Waals surface area contributed by atoms with Crippen LogP contribution in [-0.4, -0.2) is 12.1 Å². The molecule has 14 heavy (non-hydrogen) atoms. The Morgan fingerprint density at radius 1 is 1.43 bits per heavy atom. The van der Waals surface area contributed by atoms with E-state index in [0.29, 0.717) is 0 Å². The van der Waals surface area contributed by atoms with E-state index in [9.17, 15) is 4.79 Å². The summed E-state index contributed by atoms with van der Waals surface area (Å²) in [4.78, 5) is 10.7. The average molecular weight is 194 g/mol. The van der Waals surface area contributed by atoms with Crippen LogP contribution in [0.2, 0.25) is 0 Å². The van der Waals surface area contributed by atoms with Crippen molar-refractivity contribution in [3.63, 3.8) is 0 Å². The van der Waals surface area contributed by atoms with Gasteiger partial charge in [-0.3, -0.25) is 0 Å². The minimum absolute atomic E-state index is 0.117. The van der Waals surface area contributed by atoms with Gasteiger partial charge >= 0.3 is 5.97 Å². The van der Waals surface area contributed by atoms with Crippen LogP contribution in [0, 0.1) is 0 Å². The van der Waals surface area contributed by atoms with Gasteiger partial charge in [0, 0.05) is 6.08 Å². The number of unbranched alkanes of at least 4 members (excludes halogenated alkanes) is 4.